The Kier molecular flexibility index (Phi) is 5.38. The zero-order valence-electron chi connectivity index (χ0n) is 15.0. The zero-order valence-corrected chi connectivity index (χ0v) is 15.0. The van der Waals surface area contributed by atoms with E-state index in [4.69, 9.17) is 11.1 Å². The first-order chi connectivity index (χ1) is 11.8. The van der Waals surface area contributed by atoms with E-state index in [-0.39, 0.29) is 0 Å². The van der Waals surface area contributed by atoms with Crippen LogP contribution in [0.25, 0.3) is 20.9 Å². The van der Waals surface area contributed by atoms with Gasteiger partial charge in [0.2, 0.25) is 0 Å². The van der Waals surface area contributed by atoms with E-state index in [2.05, 4.69) is 44.3 Å². The maximum atomic E-state index is 8.66. The Morgan fingerprint density at radius 3 is 1.28 bits per heavy atom. The van der Waals surface area contributed by atoms with Gasteiger partial charge in [-0.1, -0.05) is 86.5 Å². The van der Waals surface area contributed by atoms with Crippen molar-refractivity contribution in [2.24, 2.45) is 10.2 Å². The van der Waals surface area contributed by atoms with Crippen LogP contribution in [0.1, 0.15) is 49.9 Å². The van der Waals surface area contributed by atoms with Gasteiger partial charge < -0.3 is 0 Å². The Morgan fingerprint density at radius 2 is 1.00 bits per heavy atom. The molecule has 2 aromatic rings. The summed E-state index contributed by atoms with van der Waals surface area (Å²) >= 11 is 0. The fourth-order valence-corrected chi connectivity index (χ4v) is 2.64. The molecule has 0 radical (unpaired) electrons. The van der Waals surface area contributed by atoms with E-state index >= 15 is 0 Å². The lowest BCUT2D eigenvalue weighted by Gasteiger charge is -2.19. The van der Waals surface area contributed by atoms with Crippen LogP contribution in [0.4, 0.5) is 0 Å². The smallest absolute Gasteiger partial charge is 0.0681 e. The van der Waals surface area contributed by atoms with Gasteiger partial charge in [0.15, 0.2) is 0 Å². The molecule has 2 rings (SSSR count). The van der Waals surface area contributed by atoms with Crippen molar-refractivity contribution >= 4 is 0 Å². The van der Waals surface area contributed by atoms with Crippen molar-refractivity contribution in [1.82, 2.24) is 0 Å². The van der Waals surface area contributed by atoms with E-state index in [1.165, 1.54) is 11.1 Å². The highest BCUT2D eigenvalue weighted by Gasteiger charge is 2.19. The summed E-state index contributed by atoms with van der Waals surface area (Å²) in [5.74, 6) is 0. The monoisotopic (exact) mass is 334 g/mol. The van der Waals surface area contributed by atoms with Crippen molar-refractivity contribution in [2.45, 2.75) is 45.2 Å². The molecule has 0 bridgehead atoms. The summed E-state index contributed by atoms with van der Waals surface area (Å²) < 4.78 is 0. The highest BCUT2D eigenvalue weighted by Crippen LogP contribution is 2.27. The molecule has 6 nitrogen and oxygen atoms in total. The van der Waals surface area contributed by atoms with E-state index in [0.29, 0.717) is 0 Å². The molecule has 0 amide bonds. The third-order valence-electron chi connectivity index (χ3n) is 4.32. The molecule has 0 atom stereocenters. The highest BCUT2D eigenvalue weighted by atomic mass is 15.2. The van der Waals surface area contributed by atoms with E-state index in [1.54, 1.807) is 0 Å². The number of hydrogen-bond donors (Lipinski definition) is 0. The van der Waals surface area contributed by atoms with Crippen molar-refractivity contribution in [3.63, 3.8) is 0 Å². The van der Waals surface area contributed by atoms with Crippen LogP contribution in [0.5, 0.6) is 0 Å². The van der Waals surface area contributed by atoms with Crippen molar-refractivity contribution in [3.05, 3.63) is 91.7 Å². The number of azide groups is 2. The van der Waals surface area contributed by atoms with Gasteiger partial charge in [-0.05, 0) is 39.7 Å². The molecule has 6 heteroatoms. The SMILES string of the molecule is CC(C)(N=[N+]=[N-])c1ccc(Cc2ccc(C(C)(C)N=[N+]=[N-])cc2)cc1. The Balaban J connectivity index is 2.15. The molecule has 0 fully saturated rings. The number of benzene rings is 2. The Labute approximate surface area is 147 Å². The fourth-order valence-electron chi connectivity index (χ4n) is 2.64. The average Bonchev–Trinajstić information content (AvgIpc) is 2.56. The maximum Gasteiger partial charge on any atom is 0.0681 e. The summed E-state index contributed by atoms with van der Waals surface area (Å²) in [7, 11) is 0. The molecule has 0 aliphatic carbocycles. The normalized spacial score (nSPS) is 11.4. The Morgan fingerprint density at radius 1 is 0.680 bits per heavy atom. The third-order valence-corrected chi connectivity index (χ3v) is 4.32. The van der Waals surface area contributed by atoms with Crippen LogP contribution >= 0.6 is 0 Å². The van der Waals surface area contributed by atoms with Gasteiger partial charge in [0.05, 0.1) is 11.1 Å². The number of nitrogens with zero attached hydrogens (tertiary/aromatic N) is 6. The minimum absolute atomic E-state index is 0.554. The maximum absolute atomic E-state index is 8.66. The molecule has 0 spiro atoms. The summed E-state index contributed by atoms with van der Waals surface area (Å²) in [6.07, 6.45) is 0.810. The first-order valence-electron chi connectivity index (χ1n) is 8.10. The average molecular weight is 334 g/mol. The van der Waals surface area contributed by atoms with Crippen molar-refractivity contribution < 1.29 is 0 Å². The quantitative estimate of drug-likeness (QED) is 0.333. The molecule has 2 aromatic carbocycles. The van der Waals surface area contributed by atoms with E-state index in [1.807, 2.05) is 52.0 Å². The van der Waals surface area contributed by atoms with E-state index < -0.39 is 11.1 Å². The summed E-state index contributed by atoms with van der Waals surface area (Å²) in [6, 6.07) is 16.2. The second kappa shape index (κ2) is 7.31. The van der Waals surface area contributed by atoms with Crippen LogP contribution in [-0.4, -0.2) is 0 Å². The summed E-state index contributed by atoms with van der Waals surface area (Å²) in [5, 5.41) is 7.67. The van der Waals surface area contributed by atoms with Gasteiger partial charge in [0, 0.05) is 9.82 Å². The minimum Gasteiger partial charge on any atom is -0.0831 e. The van der Waals surface area contributed by atoms with Gasteiger partial charge in [-0.2, -0.15) is 0 Å². The highest BCUT2D eigenvalue weighted by molar-refractivity contribution is 5.34. The van der Waals surface area contributed by atoms with Gasteiger partial charge in [0.1, 0.15) is 0 Å². The standard InChI is InChI=1S/C19H22N6/c1-18(2,22-24-20)16-9-5-14(6-10-16)13-15-7-11-17(12-8-15)19(3,4)23-25-21/h5-12H,13H2,1-4H3. The van der Waals surface area contributed by atoms with Gasteiger partial charge in [-0.25, -0.2) is 0 Å². The molecular formula is C19H22N6. The van der Waals surface area contributed by atoms with Crippen LogP contribution < -0.4 is 0 Å². The molecule has 25 heavy (non-hydrogen) atoms. The summed E-state index contributed by atoms with van der Waals surface area (Å²) in [4.78, 5) is 5.82. The molecule has 128 valence electrons. The topological polar surface area (TPSA) is 97.5 Å². The number of rotatable bonds is 6. The minimum atomic E-state index is -0.554. The Bertz CT molecular complexity index is 750. The van der Waals surface area contributed by atoms with Crippen LogP contribution in [0.3, 0.4) is 0 Å². The molecule has 0 saturated carbocycles. The third kappa shape index (κ3) is 4.54. The molecule has 0 aliphatic heterocycles. The lowest BCUT2D eigenvalue weighted by atomic mass is 9.92. The molecule has 0 saturated heterocycles. The Hall–Kier alpha value is -2.94. The fraction of sp³-hybridized carbons (Fsp3) is 0.368. The van der Waals surface area contributed by atoms with Gasteiger partial charge in [-0.15, -0.1) is 0 Å². The first-order valence-corrected chi connectivity index (χ1v) is 8.10. The largest absolute Gasteiger partial charge is 0.0831 e. The van der Waals surface area contributed by atoms with Crippen LogP contribution in [0, 0.1) is 0 Å². The predicted molar refractivity (Wildman–Crippen MR) is 100 cm³/mol. The predicted octanol–water partition coefficient (Wildman–Crippen LogP) is 6.37. The first kappa shape index (κ1) is 18.4. The molecule has 0 aromatic heterocycles. The van der Waals surface area contributed by atoms with Crippen LogP contribution in [-0.2, 0) is 17.5 Å². The number of hydrogen-bond acceptors (Lipinski definition) is 2. The van der Waals surface area contributed by atoms with E-state index in [9.17, 15) is 0 Å². The van der Waals surface area contributed by atoms with Crippen molar-refractivity contribution in [3.8, 4) is 0 Å². The second-order valence-corrected chi connectivity index (χ2v) is 7.07. The molecule has 0 N–H and O–H groups in total. The van der Waals surface area contributed by atoms with Crippen LogP contribution in [0.2, 0.25) is 0 Å². The lowest BCUT2D eigenvalue weighted by Crippen LogP contribution is -2.12. The van der Waals surface area contributed by atoms with Gasteiger partial charge in [-0.3, -0.25) is 0 Å². The van der Waals surface area contributed by atoms with Crippen molar-refractivity contribution in [2.75, 3.05) is 0 Å². The van der Waals surface area contributed by atoms with Crippen LogP contribution in [0.15, 0.2) is 58.8 Å². The van der Waals surface area contributed by atoms with Gasteiger partial charge >= 0.3 is 0 Å². The summed E-state index contributed by atoms with van der Waals surface area (Å²) in [5.41, 5.74) is 20.5. The van der Waals surface area contributed by atoms with Gasteiger partial charge in [0.25, 0.3) is 0 Å². The zero-order chi connectivity index (χ0) is 18.5. The molecule has 0 heterocycles. The molecule has 0 unspecified atom stereocenters. The second-order valence-electron chi connectivity index (χ2n) is 7.07. The lowest BCUT2D eigenvalue weighted by molar-refractivity contribution is 0.550. The molecule has 0 aliphatic rings. The molecular weight excluding hydrogens is 312 g/mol. The summed E-state index contributed by atoms with van der Waals surface area (Å²) in [6.45, 7) is 7.58. The van der Waals surface area contributed by atoms with Crippen molar-refractivity contribution in [1.29, 1.82) is 0 Å². The van der Waals surface area contributed by atoms with E-state index in [0.717, 1.165) is 17.5 Å².